The number of nitrogens with zero attached hydrogens (tertiary/aromatic N) is 4. The van der Waals surface area contributed by atoms with E-state index < -0.39 is 0 Å². The molecule has 0 saturated heterocycles. The van der Waals surface area contributed by atoms with Crippen molar-refractivity contribution >= 4 is 28.1 Å². The van der Waals surface area contributed by atoms with Gasteiger partial charge in [0.05, 0.1) is 11.9 Å². The average Bonchev–Trinajstić information content (AvgIpc) is 2.87. The first kappa shape index (κ1) is 10.6. The molecule has 84 valence electrons. The fourth-order valence-electron chi connectivity index (χ4n) is 1.27. The second-order valence-electron chi connectivity index (χ2n) is 2.96. The number of carbonyl (C=O) groups is 1. The largest absolute Gasteiger partial charge is 0.396 e. The van der Waals surface area contributed by atoms with Crippen LogP contribution in [-0.2, 0) is 6.54 Å². The summed E-state index contributed by atoms with van der Waals surface area (Å²) in [4.78, 5) is 11.9. The summed E-state index contributed by atoms with van der Waals surface area (Å²) in [5, 5.41) is 14.4. The van der Waals surface area contributed by atoms with Crippen LogP contribution in [0.1, 0.15) is 17.4 Å². The normalized spacial score (nSPS) is 10.3. The van der Waals surface area contributed by atoms with Crippen molar-refractivity contribution in [2.24, 2.45) is 0 Å². The summed E-state index contributed by atoms with van der Waals surface area (Å²) < 4.78 is 1.53. The second-order valence-corrected chi connectivity index (χ2v) is 3.80. The Morgan fingerprint density at radius 3 is 3.12 bits per heavy atom. The zero-order valence-electron chi connectivity index (χ0n) is 8.54. The maximum atomic E-state index is 11.9. The van der Waals surface area contributed by atoms with Gasteiger partial charge in [0.2, 0.25) is 5.13 Å². The van der Waals surface area contributed by atoms with Gasteiger partial charge in [-0.3, -0.25) is 14.8 Å². The number of aryl methyl sites for hydroxylation is 1. The van der Waals surface area contributed by atoms with Gasteiger partial charge in [0, 0.05) is 6.54 Å². The highest BCUT2D eigenvalue weighted by molar-refractivity contribution is 7.13. The molecule has 2 heterocycles. The number of hydrogen-bond donors (Lipinski definition) is 2. The van der Waals surface area contributed by atoms with E-state index in [4.69, 9.17) is 5.73 Å². The third kappa shape index (κ3) is 1.87. The monoisotopic (exact) mass is 238 g/mol. The first-order valence-corrected chi connectivity index (χ1v) is 5.49. The van der Waals surface area contributed by atoms with Crippen molar-refractivity contribution in [3.63, 3.8) is 0 Å². The Morgan fingerprint density at radius 2 is 2.50 bits per heavy atom. The smallest absolute Gasteiger partial charge is 0.277 e. The molecule has 0 atom stereocenters. The van der Waals surface area contributed by atoms with E-state index in [9.17, 15) is 4.79 Å². The van der Waals surface area contributed by atoms with Crippen molar-refractivity contribution in [2.45, 2.75) is 13.5 Å². The summed E-state index contributed by atoms with van der Waals surface area (Å²) in [6.45, 7) is 2.46. The first-order valence-electron chi connectivity index (χ1n) is 4.61. The third-order valence-electron chi connectivity index (χ3n) is 1.96. The van der Waals surface area contributed by atoms with Crippen LogP contribution in [0.5, 0.6) is 0 Å². The molecule has 2 aromatic rings. The van der Waals surface area contributed by atoms with E-state index in [-0.39, 0.29) is 5.91 Å². The molecular weight excluding hydrogens is 228 g/mol. The van der Waals surface area contributed by atoms with Crippen molar-refractivity contribution in [1.82, 2.24) is 20.0 Å². The van der Waals surface area contributed by atoms with E-state index in [1.807, 2.05) is 6.92 Å². The Balaban J connectivity index is 2.23. The van der Waals surface area contributed by atoms with Crippen molar-refractivity contribution in [3.8, 4) is 0 Å². The summed E-state index contributed by atoms with van der Waals surface area (Å²) in [5.41, 5.74) is 7.90. The number of nitrogens with one attached hydrogen (secondary N) is 1. The SMILES string of the molecule is CCn1ncc(N)c1C(=O)Nc1nncs1. The summed E-state index contributed by atoms with van der Waals surface area (Å²) in [6.07, 6.45) is 1.46. The van der Waals surface area contributed by atoms with Crippen LogP contribution in [-0.4, -0.2) is 25.9 Å². The van der Waals surface area contributed by atoms with Crippen molar-refractivity contribution in [1.29, 1.82) is 0 Å². The molecule has 0 fully saturated rings. The Kier molecular flexibility index (Phi) is 2.82. The number of hydrogen-bond acceptors (Lipinski definition) is 6. The highest BCUT2D eigenvalue weighted by atomic mass is 32.1. The number of nitrogens with two attached hydrogens (primary N) is 1. The van der Waals surface area contributed by atoms with Crippen LogP contribution in [0.25, 0.3) is 0 Å². The molecule has 0 aliphatic rings. The molecule has 2 rings (SSSR count). The molecule has 3 N–H and O–H groups in total. The maximum Gasteiger partial charge on any atom is 0.277 e. The summed E-state index contributed by atoms with van der Waals surface area (Å²) in [6, 6.07) is 0. The Morgan fingerprint density at radius 1 is 1.69 bits per heavy atom. The summed E-state index contributed by atoms with van der Waals surface area (Å²) in [7, 11) is 0. The Hall–Kier alpha value is -1.96. The van der Waals surface area contributed by atoms with Crippen LogP contribution in [0.4, 0.5) is 10.8 Å². The highest BCUT2D eigenvalue weighted by Crippen LogP contribution is 2.14. The molecule has 0 radical (unpaired) electrons. The van der Waals surface area contributed by atoms with E-state index in [2.05, 4.69) is 20.6 Å². The van der Waals surface area contributed by atoms with E-state index in [0.29, 0.717) is 23.1 Å². The molecule has 0 aliphatic carbocycles. The van der Waals surface area contributed by atoms with Crippen LogP contribution >= 0.6 is 11.3 Å². The molecule has 0 bridgehead atoms. The minimum absolute atomic E-state index is 0.325. The fourth-order valence-corrected chi connectivity index (χ4v) is 1.71. The maximum absolute atomic E-state index is 11.9. The lowest BCUT2D eigenvalue weighted by atomic mass is 10.3. The lowest BCUT2D eigenvalue weighted by Gasteiger charge is -2.04. The number of nitrogen functional groups attached to an aromatic ring is 1. The molecule has 0 aromatic carbocycles. The zero-order valence-corrected chi connectivity index (χ0v) is 9.36. The quantitative estimate of drug-likeness (QED) is 0.815. The molecule has 7 nitrogen and oxygen atoms in total. The molecule has 0 saturated carbocycles. The van der Waals surface area contributed by atoms with Gasteiger partial charge in [-0.2, -0.15) is 5.10 Å². The van der Waals surface area contributed by atoms with Crippen LogP contribution in [0, 0.1) is 0 Å². The van der Waals surface area contributed by atoms with Gasteiger partial charge in [0.1, 0.15) is 11.2 Å². The van der Waals surface area contributed by atoms with Crippen LogP contribution in [0.2, 0.25) is 0 Å². The number of anilines is 2. The second kappa shape index (κ2) is 4.27. The van der Waals surface area contributed by atoms with Gasteiger partial charge >= 0.3 is 0 Å². The van der Waals surface area contributed by atoms with Gasteiger partial charge in [-0.1, -0.05) is 11.3 Å². The molecule has 8 heteroatoms. The molecule has 16 heavy (non-hydrogen) atoms. The minimum Gasteiger partial charge on any atom is -0.396 e. The van der Waals surface area contributed by atoms with Gasteiger partial charge in [0.25, 0.3) is 5.91 Å². The van der Waals surface area contributed by atoms with Crippen molar-refractivity contribution in [2.75, 3.05) is 11.1 Å². The molecule has 1 amide bonds. The van der Waals surface area contributed by atoms with Gasteiger partial charge < -0.3 is 5.73 Å². The molecular formula is C8H10N6OS. The van der Waals surface area contributed by atoms with E-state index in [1.165, 1.54) is 27.7 Å². The third-order valence-corrected chi connectivity index (χ3v) is 2.57. The summed E-state index contributed by atoms with van der Waals surface area (Å²) in [5.74, 6) is -0.325. The first-order chi connectivity index (χ1) is 7.72. The van der Waals surface area contributed by atoms with Crippen molar-refractivity contribution < 1.29 is 4.79 Å². The van der Waals surface area contributed by atoms with Crippen LogP contribution in [0.15, 0.2) is 11.7 Å². The van der Waals surface area contributed by atoms with Gasteiger partial charge in [-0.25, -0.2) is 0 Å². The predicted molar refractivity (Wildman–Crippen MR) is 60.2 cm³/mol. The lowest BCUT2D eigenvalue weighted by Crippen LogP contribution is -2.18. The number of rotatable bonds is 3. The molecule has 0 aliphatic heterocycles. The molecule has 2 aromatic heterocycles. The standard InChI is InChI=1S/C8H10N6OS/c1-2-14-6(5(9)3-11-14)7(15)12-8-13-10-4-16-8/h3-4H,2,9H2,1H3,(H,12,13,15). The molecule has 0 unspecified atom stereocenters. The number of carbonyl (C=O) groups excluding carboxylic acids is 1. The minimum atomic E-state index is -0.325. The number of amides is 1. The number of aromatic nitrogens is 4. The summed E-state index contributed by atoms with van der Waals surface area (Å²) >= 11 is 1.24. The predicted octanol–water partition coefficient (Wildman–Crippen LogP) is 0.589. The lowest BCUT2D eigenvalue weighted by molar-refractivity contribution is 0.101. The highest BCUT2D eigenvalue weighted by Gasteiger charge is 2.16. The van der Waals surface area contributed by atoms with Crippen molar-refractivity contribution in [3.05, 3.63) is 17.4 Å². The van der Waals surface area contributed by atoms with Gasteiger partial charge in [0.15, 0.2) is 0 Å². The zero-order chi connectivity index (χ0) is 11.5. The van der Waals surface area contributed by atoms with Crippen LogP contribution in [0.3, 0.4) is 0 Å². The van der Waals surface area contributed by atoms with E-state index in [1.54, 1.807) is 0 Å². The topological polar surface area (TPSA) is 98.7 Å². The molecule has 0 spiro atoms. The Bertz CT molecular complexity index is 491. The van der Waals surface area contributed by atoms with E-state index >= 15 is 0 Å². The van der Waals surface area contributed by atoms with Crippen LogP contribution < -0.4 is 11.1 Å². The Labute approximate surface area is 95.3 Å². The average molecular weight is 238 g/mol. The fraction of sp³-hybridized carbons (Fsp3) is 0.250. The van der Waals surface area contributed by atoms with Gasteiger partial charge in [-0.05, 0) is 6.92 Å². The van der Waals surface area contributed by atoms with Gasteiger partial charge in [-0.15, -0.1) is 10.2 Å². The van der Waals surface area contributed by atoms with E-state index in [0.717, 1.165) is 0 Å².